The van der Waals surface area contributed by atoms with Gasteiger partial charge in [0, 0.05) is 6.04 Å². The first-order valence-corrected chi connectivity index (χ1v) is 8.54. The van der Waals surface area contributed by atoms with E-state index in [9.17, 15) is 5.11 Å². The minimum atomic E-state index is -0.0766. The molecule has 24 heavy (non-hydrogen) atoms. The number of benzene rings is 2. The highest BCUT2D eigenvalue weighted by Gasteiger charge is 2.26. The van der Waals surface area contributed by atoms with Gasteiger partial charge in [0.2, 0.25) is 0 Å². The second kappa shape index (κ2) is 8.13. The second-order valence-electron chi connectivity index (χ2n) is 6.23. The third-order valence-corrected chi connectivity index (χ3v) is 4.72. The normalized spacial score (nSPS) is 19.2. The molecule has 0 heterocycles. The maximum atomic E-state index is 9.90. The molecule has 1 aliphatic rings. The first-order valence-electron chi connectivity index (χ1n) is 8.54. The van der Waals surface area contributed by atoms with Gasteiger partial charge in [0.25, 0.3) is 0 Å². The number of aliphatic hydroxyl groups is 1. The van der Waals surface area contributed by atoms with Crippen LogP contribution in [-0.2, 0) is 0 Å². The molecule has 0 amide bonds. The van der Waals surface area contributed by atoms with Gasteiger partial charge >= 0.3 is 0 Å². The summed E-state index contributed by atoms with van der Waals surface area (Å²) < 4.78 is 5.27. The SMILES string of the molecule is COc1ccc([C@H](N[C@@H](CO)c2ccccc2)[C@H]2C=CCC2)cc1. The molecule has 3 nitrogen and oxygen atoms in total. The molecule has 0 saturated carbocycles. The smallest absolute Gasteiger partial charge is 0.118 e. The molecule has 0 aliphatic heterocycles. The first kappa shape index (κ1) is 16.7. The maximum Gasteiger partial charge on any atom is 0.118 e. The zero-order chi connectivity index (χ0) is 16.8. The molecule has 3 rings (SSSR count). The molecule has 0 radical (unpaired) electrons. The molecule has 0 saturated heterocycles. The van der Waals surface area contributed by atoms with Gasteiger partial charge in [-0.3, -0.25) is 0 Å². The second-order valence-corrected chi connectivity index (χ2v) is 6.23. The number of allylic oxidation sites excluding steroid dienone is 1. The predicted molar refractivity (Wildman–Crippen MR) is 97.0 cm³/mol. The molecule has 0 aromatic heterocycles. The van der Waals surface area contributed by atoms with Crippen molar-refractivity contribution in [1.29, 1.82) is 0 Å². The standard InChI is InChI=1S/C21H25NO2/c1-24-19-13-11-18(12-14-19)21(17-9-5-6-10-17)22-20(15-23)16-7-3-2-4-8-16/h2-5,7-9,11-14,17,20-23H,6,10,15H2,1H3/t17-,20-,21+/m0/s1. The summed E-state index contributed by atoms with van der Waals surface area (Å²) in [6, 6.07) is 18.5. The number of hydrogen-bond donors (Lipinski definition) is 2. The van der Waals surface area contributed by atoms with Crippen LogP contribution in [0.3, 0.4) is 0 Å². The van der Waals surface area contributed by atoms with Gasteiger partial charge in [-0.05, 0) is 42.0 Å². The van der Waals surface area contributed by atoms with Crippen molar-refractivity contribution in [2.75, 3.05) is 13.7 Å². The van der Waals surface area contributed by atoms with Crippen LogP contribution in [0.4, 0.5) is 0 Å². The van der Waals surface area contributed by atoms with E-state index >= 15 is 0 Å². The first-order chi connectivity index (χ1) is 11.8. The topological polar surface area (TPSA) is 41.5 Å². The highest BCUT2D eigenvalue weighted by Crippen LogP contribution is 2.34. The van der Waals surface area contributed by atoms with E-state index in [0.29, 0.717) is 5.92 Å². The minimum absolute atomic E-state index is 0.0765. The van der Waals surface area contributed by atoms with Crippen molar-refractivity contribution in [3.8, 4) is 5.75 Å². The molecule has 126 valence electrons. The zero-order valence-electron chi connectivity index (χ0n) is 14.1. The van der Waals surface area contributed by atoms with E-state index in [2.05, 4.69) is 41.7 Å². The van der Waals surface area contributed by atoms with Crippen molar-refractivity contribution >= 4 is 0 Å². The number of ether oxygens (including phenoxy) is 1. The zero-order valence-corrected chi connectivity index (χ0v) is 14.1. The largest absolute Gasteiger partial charge is 0.497 e. The van der Waals surface area contributed by atoms with Crippen LogP contribution in [0, 0.1) is 5.92 Å². The van der Waals surface area contributed by atoms with Gasteiger partial charge in [-0.25, -0.2) is 0 Å². The average molecular weight is 323 g/mol. The summed E-state index contributed by atoms with van der Waals surface area (Å²) in [5, 5.41) is 13.6. The Labute approximate surface area is 144 Å². The van der Waals surface area contributed by atoms with Crippen molar-refractivity contribution in [2.24, 2.45) is 5.92 Å². The van der Waals surface area contributed by atoms with Crippen LogP contribution >= 0.6 is 0 Å². The molecular formula is C21H25NO2. The number of aliphatic hydroxyl groups excluding tert-OH is 1. The van der Waals surface area contributed by atoms with E-state index in [0.717, 1.165) is 24.2 Å². The van der Waals surface area contributed by atoms with E-state index in [4.69, 9.17) is 4.74 Å². The Morgan fingerprint density at radius 1 is 1.08 bits per heavy atom. The van der Waals surface area contributed by atoms with Gasteiger partial charge in [0.1, 0.15) is 5.75 Å². The van der Waals surface area contributed by atoms with Gasteiger partial charge in [0.05, 0.1) is 19.8 Å². The molecule has 2 aromatic carbocycles. The van der Waals surface area contributed by atoms with Crippen LogP contribution in [0.15, 0.2) is 66.7 Å². The Hall–Kier alpha value is -2.10. The Balaban J connectivity index is 1.85. The maximum absolute atomic E-state index is 9.90. The quantitative estimate of drug-likeness (QED) is 0.756. The minimum Gasteiger partial charge on any atom is -0.497 e. The highest BCUT2D eigenvalue weighted by atomic mass is 16.5. The Bertz CT molecular complexity index is 651. The van der Waals surface area contributed by atoms with Gasteiger partial charge < -0.3 is 15.2 Å². The average Bonchev–Trinajstić information content (AvgIpc) is 3.18. The van der Waals surface area contributed by atoms with Gasteiger partial charge in [-0.1, -0.05) is 54.6 Å². The highest BCUT2D eigenvalue weighted by molar-refractivity contribution is 5.31. The molecule has 0 bridgehead atoms. The lowest BCUT2D eigenvalue weighted by atomic mass is 9.91. The summed E-state index contributed by atoms with van der Waals surface area (Å²) in [5.74, 6) is 1.30. The number of rotatable bonds is 7. The van der Waals surface area contributed by atoms with E-state index in [1.54, 1.807) is 7.11 Å². The molecule has 3 heteroatoms. The lowest BCUT2D eigenvalue weighted by molar-refractivity contribution is 0.222. The van der Waals surface area contributed by atoms with Crippen molar-refractivity contribution in [2.45, 2.75) is 24.9 Å². The molecule has 2 N–H and O–H groups in total. The third-order valence-electron chi connectivity index (χ3n) is 4.72. The van der Waals surface area contributed by atoms with E-state index < -0.39 is 0 Å². The number of methoxy groups -OCH3 is 1. The molecular weight excluding hydrogens is 298 g/mol. The van der Waals surface area contributed by atoms with Crippen molar-refractivity contribution in [3.63, 3.8) is 0 Å². The van der Waals surface area contributed by atoms with E-state index in [1.165, 1.54) is 5.56 Å². The molecule has 2 aromatic rings. The Kier molecular flexibility index (Phi) is 5.68. The lowest BCUT2D eigenvalue weighted by Crippen LogP contribution is -2.32. The summed E-state index contributed by atoms with van der Waals surface area (Å²) in [4.78, 5) is 0. The van der Waals surface area contributed by atoms with Crippen molar-refractivity contribution < 1.29 is 9.84 Å². The van der Waals surface area contributed by atoms with Gasteiger partial charge in [0.15, 0.2) is 0 Å². The fourth-order valence-electron chi connectivity index (χ4n) is 3.37. The molecule has 3 atom stereocenters. The summed E-state index contributed by atoms with van der Waals surface area (Å²) >= 11 is 0. The van der Waals surface area contributed by atoms with Crippen LogP contribution in [0.1, 0.15) is 36.1 Å². The third kappa shape index (κ3) is 3.86. The van der Waals surface area contributed by atoms with E-state index in [-0.39, 0.29) is 18.7 Å². The lowest BCUT2D eigenvalue weighted by Gasteiger charge is -2.29. The fraction of sp³-hybridized carbons (Fsp3) is 0.333. The monoisotopic (exact) mass is 323 g/mol. The van der Waals surface area contributed by atoms with Crippen molar-refractivity contribution in [1.82, 2.24) is 5.32 Å². The molecule has 0 spiro atoms. The summed E-state index contributed by atoms with van der Waals surface area (Å²) in [6.07, 6.45) is 6.80. The molecule has 0 fully saturated rings. The summed E-state index contributed by atoms with van der Waals surface area (Å²) in [5.41, 5.74) is 2.34. The summed E-state index contributed by atoms with van der Waals surface area (Å²) in [7, 11) is 1.68. The fourth-order valence-corrected chi connectivity index (χ4v) is 3.37. The molecule has 0 unspecified atom stereocenters. The van der Waals surface area contributed by atoms with E-state index in [1.807, 2.05) is 30.3 Å². The predicted octanol–water partition coefficient (Wildman–Crippen LogP) is 4.03. The van der Waals surface area contributed by atoms with Crippen molar-refractivity contribution in [3.05, 3.63) is 77.9 Å². The van der Waals surface area contributed by atoms with Crippen LogP contribution in [-0.4, -0.2) is 18.8 Å². The van der Waals surface area contributed by atoms with Gasteiger partial charge in [-0.2, -0.15) is 0 Å². The number of nitrogens with one attached hydrogen (secondary N) is 1. The summed E-state index contributed by atoms with van der Waals surface area (Å²) in [6.45, 7) is 0.0765. The van der Waals surface area contributed by atoms with Gasteiger partial charge in [-0.15, -0.1) is 0 Å². The van der Waals surface area contributed by atoms with Crippen LogP contribution in [0.2, 0.25) is 0 Å². The number of hydrogen-bond acceptors (Lipinski definition) is 3. The van der Waals surface area contributed by atoms with Crippen LogP contribution in [0.5, 0.6) is 5.75 Å². The van der Waals surface area contributed by atoms with Crippen LogP contribution < -0.4 is 10.1 Å². The Morgan fingerprint density at radius 3 is 2.42 bits per heavy atom. The van der Waals surface area contributed by atoms with Crippen LogP contribution in [0.25, 0.3) is 0 Å². The Morgan fingerprint density at radius 2 is 1.83 bits per heavy atom. The molecule has 1 aliphatic carbocycles.